The minimum Gasteiger partial charge on any atom is -0.349 e. The van der Waals surface area contributed by atoms with E-state index in [4.69, 9.17) is 4.78 Å². The van der Waals surface area contributed by atoms with Crippen LogP contribution in [0, 0.1) is 4.78 Å². The molecule has 0 saturated carbocycles. The van der Waals surface area contributed by atoms with Gasteiger partial charge in [0.15, 0.2) is 0 Å². The number of carbonyl (C=O) groups is 1. The Bertz CT molecular complexity index is 1590. The molecule has 0 spiro atoms. The highest BCUT2D eigenvalue weighted by Gasteiger charge is 2.14. The Morgan fingerprint density at radius 2 is 1.80 bits per heavy atom. The fourth-order valence-electron chi connectivity index (χ4n) is 4.00. The molecule has 5 rings (SSSR count). The van der Waals surface area contributed by atoms with Crippen molar-refractivity contribution in [3.05, 3.63) is 96.1 Å². The summed E-state index contributed by atoms with van der Waals surface area (Å²) in [5, 5.41) is 6.14. The number of benzene rings is 2. The van der Waals surface area contributed by atoms with E-state index in [-0.39, 0.29) is 12.5 Å². The maximum Gasteiger partial charge on any atom is 0.240 e. The van der Waals surface area contributed by atoms with E-state index in [1.54, 1.807) is 29.7 Å². The molecule has 0 radical (unpaired) electrons. The number of nitrogens with zero attached hydrogens (tertiary/aromatic N) is 2. The Balaban J connectivity index is 1.27. The fraction of sp³-hybridized carbons (Fsp3) is 0.111. The summed E-state index contributed by atoms with van der Waals surface area (Å²) >= 11 is 1.66. The van der Waals surface area contributed by atoms with Crippen LogP contribution in [0.1, 0.15) is 5.69 Å². The minimum atomic E-state index is -2.73. The molecule has 0 fully saturated rings. The van der Waals surface area contributed by atoms with Gasteiger partial charge in [-0.15, -0.1) is 11.3 Å². The number of aromatic nitrogens is 2. The van der Waals surface area contributed by atoms with Crippen molar-refractivity contribution in [2.24, 2.45) is 0 Å². The van der Waals surface area contributed by atoms with Gasteiger partial charge in [0.05, 0.1) is 32.5 Å². The average molecular weight is 501 g/mol. The van der Waals surface area contributed by atoms with Gasteiger partial charge in [0.1, 0.15) is 6.54 Å². The first-order chi connectivity index (χ1) is 16.9. The van der Waals surface area contributed by atoms with Crippen LogP contribution in [0.15, 0.2) is 95.3 Å². The van der Waals surface area contributed by atoms with E-state index in [0.717, 1.165) is 38.3 Å². The van der Waals surface area contributed by atoms with E-state index in [0.29, 0.717) is 11.4 Å². The monoisotopic (exact) mass is 500 g/mol. The molecule has 35 heavy (non-hydrogen) atoms. The lowest BCUT2D eigenvalue weighted by Gasteiger charge is -2.11. The second kappa shape index (κ2) is 9.48. The van der Waals surface area contributed by atoms with Gasteiger partial charge < -0.3 is 9.88 Å². The third kappa shape index (κ3) is 5.03. The van der Waals surface area contributed by atoms with Crippen molar-refractivity contribution in [2.75, 3.05) is 6.26 Å². The second-order valence-corrected chi connectivity index (χ2v) is 11.4. The number of nitrogens with one attached hydrogen (secondary N) is 2. The van der Waals surface area contributed by atoms with Crippen LogP contribution in [0.4, 0.5) is 0 Å². The van der Waals surface area contributed by atoms with Gasteiger partial charge >= 0.3 is 0 Å². The van der Waals surface area contributed by atoms with Crippen molar-refractivity contribution >= 4 is 37.9 Å². The van der Waals surface area contributed by atoms with E-state index >= 15 is 0 Å². The quantitative estimate of drug-likeness (QED) is 0.297. The maximum absolute atomic E-state index is 12.9. The zero-order valence-corrected chi connectivity index (χ0v) is 20.7. The van der Waals surface area contributed by atoms with Crippen LogP contribution in [-0.2, 0) is 27.6 Å². The molecule has 0 saturated heterocycles. The lowest BCUT2D eigenvalue weighted by Crippen LogP contribution is -2.27. The number of fused-ring (bicyclic) bond motifs is 1. The number of thiophene rings is 1. The summed E-state index contributed by atoms with van der Waals surface area (Å²) < 4.78 is 21.6. The third-order valence-corrected chi connectivity index (χ3v) is 7.88. The van der Waals surface area contributed by atoms with Crippen LogP contribution in [0.2, 0.25) is 0 Å². The number of hydrogen-bond donors (Lipinski definition) is 2. The van der Waals surface area contributed by atoms with Gasteiger partial charge in [-0.3, -0.25) is 9.78 Å². The van der Waals surface area contributed by atoms with Gasteiger partial charge in [0, 0.05) is 33.8 Å². The molecule has 6 nitrogen and oxygen atoms in total. The van der Waals surface area contributed by atoms with Crippen LogP contribution in [-0.4, -0.2) is 25.9 Å². The van der Waals surface area contributed by atoms with Gasteiger partial charge in [-0.1, -0.05) is 42.5 Å². The Labute approximate surface area is 208 Å². The highest BCUT2D eigenvalue weighted by atomic mass is 32.2. The second-order valence-electron chi connectivity index (χ2n) is 8.33. The van der Waals surface area contributed by atoms with Gasteiger partial charge in [-0.2, -0.15) is 0 Å². The Kier molecular flexibility index (Phi) is 6.23. The summed E-state index contributed by atoms with van der Waals surface area (Å²) in [4.78, 5) is 19.0. The zero-order valence-electron chi connectivity index (χ0n) is 19.1. The number of rotatable bonds is 7. The summed E-state index contributed by atoms with van der Waals surface area (Å²) in [5.41, 5.74) is 4.68. The Hall–Kier alpha value is -3.75. The molecule has 8 heteroatoms. The molecule has 3 heterocycles. The minimum absolute atomic E-state index is 0.0795. The first-order valence-electron chi connectivity index (χ1n) is 11.1. The molecule has 0 aliphatic heterocycles. The maximum atomic E-state index is 12.9. The molecule has 0 aliphatic rings. The Morgan fingerprint density at radius 1 is 1.03 bits per heavy atom. The van der Waals surface area contributed by atoms with Gasteiger partial charge in [0.25, 0.3) is 0 Å². The molecule has 1 amide bonds. The van der Waals surface area contributed by atoms with E-state index in [9.17, 15) is 9.00 Å². The number of carbonyl (C=O) groups excluding carboxylic acids is 1. The molecule has 5 aromatic rings. The van der Waals surface area contributed by atoms with Crippen molar-refractivity contribution < 1.29 is 9.00 Å². The summed E-state index contributed by atoms with van der Waals surface area (Å²) in [5.74, 6) is -0.0795. The lowest BCUT2D eigenvalue weighted by molar-refractivity contribution is -0.121. The summed E-state index contributed by atoms with van der Waals surface area (Å²) in [6.07, 6.45) is 3.17. The molecule has 1 atom stereocenters. The average Bonchev–Trinajstić information content (AvgIpc) is 3.51. The highest BCUT2D eigenvalue weighted by molar-refractivity contribution is 7.91. The SMILES string of the molecule is CS(=N)(=O)c1ccc(-c2ccc(CNC(=O)Cn3c(-c4cccs4)cc4ccccc43)nc2)cc1. The van der Waals surface area contributed by atoms with Crippen molar-refractivity contribution in [1.29, 1.82) is 4.78 Å². The van der Waals surface area contributed by atoms with Crippen LogP contribution >= 0.6 is 11.3 Å². The highest BCUT2D eigenvalue weighted by Crippen LogP contribution is 2.31. The fourth-order valence-corrected chi connectivity index (χ4v) is 5.41. The molecule has 0 aliphatic carbocycles. The van der Waals surface area contributed by atoms with Crippen molar-refractivity contribution in [3.63, 3.8) is 0 Å². The van der Waals surface area contributed by atoms with E-state index in [1.807, 2.05) is 53.9 Å². The standard InChI is InChI=1S/C27H24N4O2S2/c1-35(28,33)23-12-9-19(10-13-23)21-8-11-22(29-16-21)17-30-27(32)18-31-24-6-3-2-5-20(24)15-25(31)26-7-4-14-34-26/h2-16,28H,17-18H2,1H3,(H,30,32). The molecule has 176 valence electrons. The zero-order chi connectivity index (χ0) is 24.4. The molecule has 0 bridgehead atoms. The molecular formula is C27H24N4O2S2. The van der Waals surface area contributed by atoms with Crippen molar-refractivity contribution in [3.8, 4) is 21.7 Å². The number of para-hydroxylation sites is 1. The lowest BCUT2D eigenvalue weighted by atomic mass is 10.1. The van der Waals surface area contributed by atoms with Crippen LogP contribution in [0.3, 0.4) is 0 Å². The van der Waals surface area contributed by atoms with Gasteiger partial charge in [-0.05, 0) is 47.3 Å². The van der Waals surface area contributed by atoms with Gasteiger partial charge in [-0.25, -0.2) is 8.99 Å². The molecule has 2 N–H and O–H groups in total. The van der Waals surface area contributed by atoms with E-state index in [2.05, 4.69) is 33.1 Å². The third-order valence-electron chi connectivity index (χ3n) is 5.81. The van der Waals surface area contributed by atoms with Crippen LogP contribution in [0.25, 0.3) is 32.6 Å². The predicted molar refractivity (Wildman–Crippen MR) is 142 cm³/mol. The first-order valence-corrected chi connectivity index (χ1v) is 13.9. The molecular weight excluding hydrogens is 476 g/mol. The summed E-state index contributed by atoms with van der Waals surface area (Å²) in [7, 11) is -2.73. The predicted octanol–water partition coefficient (Wildman–Crippen LogP) is 5.78. The largest absolute Gasteiger partial charge is 0.349 e. The van der Waals surface area contributed by atoms with E-state index < -0.39 is 9.73 Å². The van der Waals surface area contributed by atoms with E-state index in [1.165, 1.54) is 6.26 Å². The molecule has 3 aromatic heterocycles. The molecule has 2 aromatic carbocycles. The smallest absolute Gasteiger partial charge is 0.240 e. The topological polar surface area (TPSA) is 87.8 Å². The Morgan fingerprint density at radius 3 is 2.49 bits per heavy atom. The van der Waals surface area contributed by atoms with Crippen molar-refractivity contribution in [1.82, 2.24) is 14.9 Å². The number of hydrogen-bond acceptors (Lipinski definition) is 5. The molecule has 1 unspecified atom stereocenters. The summed E-state index contributed by atoms with van der Waals surface area (Å²) in [6.45, 7) is 0.560. The first kappa shape index (κ1) is 23.0. The van der Waals surface area contributed by atoms with Crippen LogP contribution in [0.5, 0.6) is 0 Å². The normalized spacial score (nSPS) is 12.9. The number of amides is 1. The summed E-state index contributed by atoms with van der Waals surface area (Å²) in [6, 6.07) is 25.3. The number of pyridine rings is 1. The van der Waals surface area contributed by atoms with Gasteiger partial charge in [0.2, 0.25) is 5.91 Å². The van der Waals surface area contributed by atoms with Crippen molar-refractivity contribution in [2.45, 2.75) is 18.0 Å². The van der Waals surface area contributed by atoms with Crippen LogP contribution < -0.4 is 5.32 Å².